The molecule has 0 aliphatic rings. The molecule has 1 heterocycles. The Morgan fingerprint density at radius 3 is 2.65 bits per heavy atom. The van der Waals surface area contributed by atoms with Crippen LogP contribution in [0.15, 0.2) is 12.1 Å². The summed E-state index contributed by atoms with van der Waals surface area (Å²) >= 11 is 0. The van der Waals surface area contributed by atoms with Crippen molar-refractivity contribution in [1.82, 2.24) is 9.47 Å². The second kappa shape index (κ2) is 5.44. The van der Waals surface area contributed by atoms with Crippen molar-refractivity contribution in [2.45, 2.75) is 6.92 Å². The van der Waals surface area contributed by atoms with E-state index in [1.807, 2.05) is 6.92 Å². The molecule has 7 heteroatoms. The van der Waals surface area contributed by atoms with Crippen LogP contribution in [0.4, 0.5) is 5.82 Å². The van der Waals surface area contributed by atoms with Crippen molar-refractivity contribution in [2.24, 2.45) is 12.8 Å². The fourth-order valence-corrected chi connectivity index (χ4v) is 1.62. The summed E-state index contributed by atoms with van der Waals surface area (Å²) in [5, 5.41) is 10.7. The van der Waals surface area contributed by atoms with Gasteiger partial charge in [-0.05, 0) is 17.9 Å². The van der Waals surface area contributed by atoms with Gasteiger partial charge in [-0.3, -0.25) is 4.79 Å². The van der Waals surface area contributed by atoms with Crippen molar-refractivity contribution >= 4 is 11.7 Å². The number of nitrogens with two attached hydrogens (primary N) is 1. The molecule has 0 unspecified atom stereocenters. The van der Waals surface area contributed by atoms with E-state index in [4.69, 9.17) is 5.73 Å². The van der Waals surface area contributed by atoms with Crippen LogP contribution in [0.3, 0.4) is 0 Å². The van der Waals surface area contributed by atoms with Gasteiger partial charge in [0.15, 0.2) is 5.69 Å². The van der Waals surface area contributed by atoms with Gasteiger partial charge >= 0.3 is 5.82 Å². The molecule has 0 atom stereocenters. The molecule has 1 aromatic heterocycles. The van der Waals surface area contributed by atoms with Crippen molar-refractivity contribution in [3.63, 3.8) is 0 Å². The molecule has 17 heavy (non-hydrogen) atoms. The average molecular weight is 240 g/mol. The Morgan fingerprint density at radius 1 is 1.59 bits per heavy atom. The van der Waals surface area contributed by atoms with E-state index >= 15 is 0 Å². The number of nitrogens with zero attached hydrogens (tertiary/aromatic N) is 3. The van der Waals surface area contributed by atoms with Gasteiger partial charge in [0.1, 0.15) is 0 Å². The minimum atomic E-state index is -0.518. The Morgan fingerprint density at radius 2 is 2.24 bits per heavy atom. The van der Waals surface area contributed by atoms with Crippen molar-refractivity contribution in [2.75, 3.05) is 19.6 Å². The third-order valence-electron chi connectivity index (χ3n) is 2.57. The van der Waals surface area contributed by atoms with Crippen LogP contribution in [0.25, 0.3) is 0 Å². The largest absolute Gasteiger partial charge is 0.358 e. The van der Waals surface area contributed by atoms with Gasteiger partial charge in [-0.15, -0.1) is 0 Å². The highest BCUT2D eigenvalue weighted by Crippen LogP contribution is 2.16. The molecule has 0 saturated heterocycles. The van der Waals surface area contributed by atoms with Gasteiger partial charge in [-0.2, -0.15) is 0 Å². The standard InChI is InChI=1S/C10H16N4O3/c1-3-13(7-6-11)10(15)8-4-5-9(12(8)2)14(16)17/h4-5H,3,6-7,11H2,1-2H3. The normalized spacial score (nSPS) is 10.3. The molecule has 94 valence electrons. The monoisotopic (exact) mass is 240 g/mol. The molecule has 0 saturated carbocycles. The number of nitro groups is 1. The molecule has 0 fully saturated rings. The van der Waals surface area contributed by atoms with E-state index in [1.165, 1.54) is 23.7 Å². The lowest BCUT2D eigenvalue weighted by Crippen LogP contribution is -2.36. The second-order valence-corrected chi connectivity index (χ2v) is 3.57. The molecule has 1 aromatic rings. The predicted octanol–water partition coefficient (Wildman–Crippen LogP) is 0.354. The number of hydrogen-bond donors (Lipinski definition) is 1. The molecule has 1 amide bonds. The number of hydrogen-bond acceptors (Lipinski definition) is 4. The first-order valence-electron chi connectivity index (χ1n) is 5.32. The molecule has 0 bridgehead atoms. The number of rotatable bonds is 5. The van der Waals surface area contributed by atoms with E-state index in [1.54, 1.807) is 4.90 Å². The van der Waals surface area contributed by atoms with Crippen molar-refractivity contribution in [3.8, 4) is 0 Å². The van der Waals surface area contributed by atoms with Gasteiger partial charge in [0.25, 0.3) is 5.91 Å². The first kappa shape index (κ1) is 13.2. The van der Waals surface area contributed by atoms with Crippen LogP contribution >= 0.6 is 0 Å². The zero-order valence-electron chi connectivity index (χ0n) is 9.92. The minimum absolute atomic E-state index is 0.0999. The van der Waals surface area contributed by atoms with E-state index in [0.717, 1.165) is 0 Å². The zero-order chi connectivity index (χ0) is 13.0. The summed E-state index contributed by atoms with van der Waals surface area (Å²) < 4.78 is 1.28. The Labute approximate surface area is 99.0 Å². The van der Waals surface area contributed by atoms with E-state index in [2.05, 4.69) is 0 Å². The third-order valence-corrected chi connectivity index (χ3v) is 2.57. The highest BCUT2D eigenvalue weighted by atomic mass is 16.6. The molecular formula is C10H16N4O3. The van der Waals surface area contributed by atoms with Crippen LogP contribution in [-0.2, 0) is 7.05 Å². The fourth-order valence-electron chi connectivity index (χ4n) is 1.62. The quantitative estimate of drug-likeness (QED) is 0.593. The lowest BCUT2D eigenvalue weighted by Gasteiger charge is -2.18. The number of carbonyl (C=O) groups excluding carboxylic acids is 1. The maximum absolute atomic E-state index is 12.0. The molecule has 0 aliphatic heterocycles. The lowest BCUT2D eigenvalue weighted by molar-refractivity contribution is -0.391. The van der Waals surface area contributed by atoms with E-state index < -0.39 is 4.92 Å². The molecule has 0 aliphatic carbocycles. The Balaban J connectivity index is 3.00. The molecule has 7 nitrogen and oxygen atoms in total. The van der Waals surface area contributed by atoms with E-state index in [0.29, 0.717) is 25.3 Å². The van der Waals surface area contributed by atoms with Crippen molar-refractivity contribution in [1.29, 1.82) is 0 Å². The molecule has 1 rings (SSSR count). The highest BCUT2D eigenvalue weighted by Gasteiger charge is 2.23. The predicted molar refractivity (Wildman–Crippen MR) is 62.7 cm³/mol. The van der Waals surface area contributed by atoms with E-state index in [9.17, 15) is 14.9 Å². The number of carbonyl (C=O) groups is 1. The Hall–Kier alpha value is -1.89. The second-order valence-electron chi connectivity index (χ2n) is 3.57. The summed E-state index contributed by atoms with van der Waals surface area (Å²) in [6.45, 7) is 3.17. The summed E-state index contributed by atoms with van der Waals surface area (Å²) in [7, 11) is 1.50. The summed E-state index contributed by atoms with van der Waals surface area (Å²) in [6.07, 6.45) is 0. The molecular weight excluding hydrogens is 224 g/mol. The van der Waals surface area contributed by atoms with Crippen molar-refractivity contribution in [3.05, 3.63) is 27.9 Å². The molecule has 0 radical (unpaired) electrons. The summed E-state index contributed by atoms with van der Waals surface area (Å²) in [6, 6.07) is 2.78. The van der Waals surface area contributed by atoms with Crippen LogP contribution in [0, 0.1) is 10.1 Å². The number of likely N-dealkylation sites (N-methyl/N-ethyl adjacent to an activating group) is 1. The first-order valence-corrected chi connectivity index (χ1v) is 5.32. The third kappa shape index (κ3) is 2.62. The Kier molecular flexibility index (Phi) is 4.22. The minimum Gasteiger partial charge on any atom is -0.358 e. The summed E-state index contributed by atoms with van der Waals surface area (Å²) in [5.74, 6) is -0.342. The number of amides is 1. The Bertz CT molecular complexity index is 427. The molecule has 0 spiro atoms. The average Bonchev–Trinajstić information content (AvgIpc) is 2.67. The van der Waals surface area contributed by atoms with Crippen LogP contribution < -0.4 is 5.73 Å². The van der Waals surface area contributed by atoms with Crippen LogP contribution in [0.5, 0.6) is 0 Å². The van der Waals surface area contributed by atoms with Gasteiger partial charge in [-0.25, -0.2) is 4.57 Å². The fraction of sp³-hybridized carbons (Fsp3) is 0.500. The van der Waals surface area contributed by atoms with Gasteiger partial charge in [0.2, 0.25) is 0 Å². The lowest BCUT2D eigenvalue weighted by atomic mass is 10.3. The van der Waals surface area contributed by atoms with Crippen molar-refractivity contribution < 1.29 is 9.72 Å². The van der Waals surface area contributed by atoms with E-state index in [-0.39, 0.29) is 11.7 Å². The van der Waals surface area contributed by atoms with Gasteiger partial charge in [0, 0.05) is 25.7 Å². The summed E-state index contributed by atoms with van der Waals surface area (Å²) in [4.78, 5) is 23.7. The molecule has 2 N–H and O–H groups in total. The first-order chi connectivity index (χ1) is 8.02. The van der Waals surface area contributed by atoms with Gasteiger partial charge < -0.3 is 20.7 Å². The highest BCUT2D eigenvalue weighted by molar-refractivity contribution is 5.93. The van der Waals surface area contributed by atoms with Gasteiger partial charge in [-0.1, -0.05) is 0 Å². The van der Waals surface area contributed by atoms with Crippen LogP contribution in [0.1, 0.15) is 17.4 Å². The topological polar surface area (TPSA) is 94.4 Å². The zero-order valence-corrected chi connectivity index (χ0v) is 9.92. The maximum atomic E-state index is 12.0. The van der Waals surface area contributed by atoms with Crippen LogP contribution in [0.2, 0.25) is 0 Å². The smallest absolute Gasteiger partial charge is 0.323 e. The molecule has 0 aromatic carbocycles. The van der Waals surface area contributed by atoms with Crippen LogP contribution in [-0.4, -0.2) is 39.9 Å². The summed E-state index contributed by atoms with van der Waals surface area (Å²) in [5.41, 5.74) is 5.70. The SMILES string of the molecule is CCN(CCN)C(=O)c1ccc([N+](=O)[O-])n1C. The van der Waals surface area contributed by atoms with Gasteiger partial charge in [0.05, 0.1) is 7.05 Å². The maximum Gasteiger partial charge on any atom is 0.323 e. The number of aromatic nitrogens is 1.